The lowest BCUT2D eigenvalue weighted by Gasteiger charge is -2.10. The molecule has 4 rings (SSSR count). The lowest BCUT2D eigenvalue weighted by molar-refractivity contribution is 0.589. The molecule has 0 aliphatic carbocycles. The summed E-state index contributed by atoms with van der Waals surface area (Å²) in [5.74, 6) is 1.56. The van der Waals surface area contributed by atoms with Gasteiger partial charge in [0.2, 0.25) is 5.89 Å². The van der Waals surface area contributed by atoms with Crippen molar-refractivity contribution in [1.29, 1.82) is 0 Å². The fraction of sp³-hybridized carbons (Fsp3) is 0.143. The van der Waals surface area contributed by atoms with Crippen molar-refractivity contribution in [2.75, 3.05) is 0 Å². The predicted octanol–water partition coefficient (Wildman–Crippen LogP) is 5.87. The molecule has 0 amide bonds. The first kappa shape index (κ1) is 16.8. The number of nitrogens with zero attached hydrogens (tertiary/aromatic N) is 3. The number of benzene rings is 1. The van der Waals surface area contributed by atoms with E-state index in [0.29, 0.717) is 5.89 Å². The number of hydrogen-bond donors (Lipinski definition) is 0. The van der Waals surface area contributed by atoms with Crippen LogP contribution in [0.2, 0.25) is 0 Å². The molecule has 3 heterocycles. The maximum absolute atomic E-state index is 5.79. The van der Waals surface area contributed by atoms with Gasteiger partial charge >= 0.3 is 0 Å². The second kappa shape index (κ2) is 6.57. The van der Waals surface area contributed by atoms with E-state index in [2.05, 4.69) is 63.4 Å². The molecule has 0 atom stereocenters. The molecule has 3 aromatic heterocycles. The Balaban J connectivity index is 1.71. The van der Waals surface area contributed by atoms with Crippen LogP contribution in [0.15, 0.2) is 51.5 Å². The van der Waals surface area contributed by atoms with Crippen LogP contribution in [0.4, 0.5) is 0 Å². The van der Waals surface area contributed by atoms with Crippen LogP contribution in [-0.2, 0) is 0 Å². The molecule has 4 nitrogen and oxygen atoms in total. The molecular weight excluding hydrogens is 390 g/mol. The standard InChI is InChI=1S/C21H18BrN3O/c1-13-5-4-10-23-21(13)25-14(2)11-16(15(25)3)6-9-20-24-18-12-17(22)7-8-19(18)26-20/h4-12H,1-3H3. The maximum Gasteiger partial charge on any atom is 0.220 e. The van der Waals surface area contributed by atoms with Crippen LogP contribution in [0.25, 0.3) is 29.1 Å². The topological polar surface area (TPSA) is 43.9 Å². The lowest BCUT2D eigenvalue weighted by Crippen LogP contribution is -2.03. The Bertz CT molecular complexity index is 1140. The largest absolute Gasteiger partial charge is 0.437 e. The van der Waals surface area contributed by atoms with E-state index in [9.17, 15) is 0 Å². The minimum atomic E-state index is 0.594. The second-order valence-corrected chi connectivity index (χ2v) is 7.22. The van der Waals surface area contributed by atoms with Crippen molar-refractivity contribution >= 4 is 39.2 Å². The van der Waals surface area contributed by atoms with Gasteiger partial charge in [0.1, 0.15) is 11.3 Å². The van der Waals surface area contributed by atoms with Gasteiger partial charge in [0.15, 0.2) is 5.58 Å². The zero-order valence-electron chi connectivity index (χ0n) is 14.8. The van der Waals surface area contributed by atoms with E-state index in [0.717, 1.165) is 43.9 Å². The van der Waals surface area contributed by atoms with Crippen molar-refractivity contribution in [2.24, 2.45) is 0 Å². The summed E-state index contributed by atoms with van der Waals surface area (Å²) in [7, 11) is 0. The summed E-state index contributed by atoms with van der Waals surface area (Å²) in [6, 6.07) is 12.0. The van der Waals surface area contributed by atoms with Crippen LogP contribution >= 0.6 is 15.9 Å². The van der Waals surface area contributed by atoms with Gasteiger partial charge in [0.05, 0.1) is 0 Å². The fourth-order valence-electron chi connectivity index (χ4n) is 3.14. The third kappa shape index (κ3) is 2.99. The van der Waals surface area contributed by atoms with Crippen LogP contribution in [0.5, 0.6) is 0 Å². The van der Waals surface area contributed by atoms with Crippen LogP contribution in [-0.4, -0.2) is 14.5 Å². The SMILES string of the molecule is Cc1cccnc1-n1c(C)cc(C=Cc2nc3cc(Br)ccc3o2)c1C. The van der Waals surface area contributed by atoms with Gasteiger partial charge in [-0.15, -0.1) is 0 Å². The van der Waals surface area contributed by atoms with Crippen LogP contribution < -0.4 is 0 Å². The molecule has 0 spiro atoms. The number of fused-ring (bicyclic) bond motifs is 1. The molecule has 0 saturated heterocycles. The van der Waals surface area contributed by atoms with Crippen molar-refractivity contribution in [2.45, 2.75) is 20.8 Å². The van der Waals surface area contributed by atoms with Crippen molar-refractivity contribution in [3.63, 3.8) is 0 Å². The van der Waals surface area contributed by atoms with Gasteiger partial charge in [-0.25, -0.2) is 9.97 Å². The van der Waals surface area contributed by atoms with Crippen molar-refractivity contribution in [3.05, 3.63) is 75.5 Å². The molecule has 5 heteroatoms. The minimum absolute atomic E-state index is 0.594. The third-order valence-electron chi connectivity index (χ3n) is 4.44. The van der Waals surface area contributed by atoms with E-state index < -0.39 is 0 Å². The Hall–Kier alpha value is -2.66. The molecule has 0 fully saturated rings. The smallest absolute Gasteiger partial charge is 0.220 e. The van der Waals surface area contributed by atoms with Crippen molar-refractivity contribution in [1.82, 2.24) is 14.5 Å². The van der Waals surface area contributed by atoms with E-state index in [4.69, 9.17) is 4.42 Å². The molecule has 130 valence electrons. The molecule has 26 heavy (non-hydrogen) atoms. The number of hydrogen-bond acceptors (Lipinski definition) is 3. The molecule has 0 saturated carbocycles. The molecular formula is C21H18BrN3O. The summed E-state index contributed by atoms with van der Waals surface area (Å²) in [6.07, 6.45) is 5.77. The molecule has 1 aromatic carbocycles. The summed E-state index contributed by atoms with van der Waals surface area (Å²) in [5, 5.41) is 0. The molecule has 0 bridgehead atoms. The third-order valence-corrected chi connectivity index (χ3v) is 4.93. The maximum atomic E-state index is 5.79. The molecule has 0 aliphatic rings. The van der Waals surface area contributed by atoms with E-state index in [1.807, 2.05) is 42.6 Å². The van der Waals surface area contributed by atoms with Gasteiger partial charge in [-0.2, -0.15) is 0 Å². The highest BCUT2D eigenvalue weighted by atomic mass is 79.9. The zero-order chi connectivity index (χ0) is 18.3. The fourth-order valence-corrected chi connectivity index (χ4v) is 3.49. The molecule has 0 aliphatic heterocycles. The van der Waals surface area contributed by atoms with Gasteiger partial charge in [0, 0.05) is 28.1 Å². The first-order chi connectivity index (χ1) is 12.5. The van der Waals surface area contributed by atoms with E-state index in [1.54, 1.807) is 0 Å². The Morgan fingerprint density at radius 2 is 1.92 bits per heavy atom. The Labute approximate surface area is 160 Å². The summed E-state index contributed by atoms with van der Waals surface area (Å²) in [4.78, 5) is 9.06. The van der Waals surface area contributed by atoms with Gasteiger partial charge in [-0.3, -0.25) is 0 Å². The van der Waals surface area contributed by atoms with Crippen LogP contribution in [0, 0.1) is 20.8 Å². The number of pyridine rings is 1. The normalized spacial score (nSPS) is 11.7. The van der Waals surface area contributed by atoms with E-state index >= 15 is 0 Å². The predicted molar refractivity (Wildman–Crippen MR) is 108 cm³/mol. The number of aromatic nitrogens is 3. The molecule has 0 N–H and O–H groups in total. The summed E-state index contributed by atoms with van der Waals surface area (Å²) >= 11 is 3.46. The minimum Gasteiger partial charge on any atom is -0.437 e. The summed E-state index contributed by atoms with van der Waals surface area (Å²) in [5.41, 5.74) is 6.17. The highest BCUT2D eigenvalue weighted by Crippen LogP contribution is 2.24. The highest BCUT2D eigenvalue weighted by Gasteiger charge is 2.12. The van der Waals surface area contributed by atoms with E-state index in [-0.39, 0.29) is 0 Å². The summed E-state index contributed by atoms with van der Waals surface area (Å²) in [6.45, 7) is 6.27. The van der Waals surface area contributed by atoms with Crippen molar-refractivity contribution < 1.29 is 4.42 Å². The highest BCUT2D eigenvalue weighted by molar-refractivity contribution is 9.10. The average molecular weight is 408 g/mol. The summed E-state index contributed by atoms with van der Waals surface area (Å²) < 4.78 is 8.96. The molecule has 4 aromatic rings. The number of oxazole rings is 1. The molecule has 0 unspecified atom stereocenters. The molecule has 0 radical (unpaired) electrons. The number of aryl methyl sites for hydroxylation is 2. The lowest BCUT2D eigenvalue weighted by atomic mass is 10.2. The monoisotopic (exact) mass is 407 g/mol. The van der Waals surface area contributed by atoms with Gasteiger partial charge in [-0.05, 0) is 68.3 Å². The quantitative estimate of drug-likeness (QED) is 0.426. The van der Waals surface area contributed by atoms with Gasteiger partial charge in [-0.1, -0.05) is 22.0 Å². The van der Waals surface area contributed by atoms with Crippen LogP contribution in [0.1, 0.15) is 28.4 Å². The van der Waals surface area contributed by atoms with Gasteiger partial charge < -0.3 is 8.98 Å². The first-order valence-corrected chi connectivity index (χ1v) is 9.17. The zero-order valence-corrected chi connectivity index (χ0v) is 16.4. The van der Waals surface area contributed by atoms with Gasteiger partial charge in [0.25, 0.3) is 0 Å². The average Bonchev–Trinajstić information content (AvgIpc) is 3.14. The first-order valence-electron chi connectivity index (χ1n) is 8.38. The Morgan fingerprint density at radius 3 is 2.73 bits per heavy atom. The number of rotatable bonds is 3. The Kier molecular flexibility index (Phi) is 4.24. The number of halogens is 1. The second-order valence-electron chi connectivity index (χ2n) is 6.30. The van der Waals surface area contributed by atoms with Crippen LogP contribution in [0.3, 0.4) is 0 Å². The Morgan fingerprint density at radius 1 is 1.08 bits per heavy atom. The van der Waals surface area contributed by atoms with E-state index in [1.165, 1.54) is 0 Å². The van der Waals surface area contributed by atoms with Crippen molar-refractivity contribution in [3.8, 4) is 5.82 Å².